The summed E-state index contributed by atoms with van der Waals surface area (Å²) in [6, 6.07) is 16.6. The molecule has 0 bridgehead atoms. The molecule has 0 saturated carbocycles. The highest BCUT2D eigenvalue weighted by Crippen LogP contribution is 2.44. The van der Waals surface area contributed by atoms with E-state index >= 15 is 0 Å². The van der Waals surface area contributed by atoms with Gasteiger partial charge in [0.1, 0.15) is 13.2 Å². The van der Waals surface area contributed by atoms with Gasteiger partial charge in [0.25, 0.3) is 0 Å². The molecule has 2 aromatic rings. The topological polar surface area (TPSA) is 166 Å². The number of esters is 1. The van der Waals surface area contributed by atoms with Gasteiger partial charge in [-0.15, -0.1) is 0 Å². The molecular weight excluding hydrogens is 758 g/mol. The molecule has 1 N–H and O–H groups in total. The van der Waals surface area contributed by atoms with E-state index in [1.165, 1.54) is 29.2 Å². The summed E-state index contributed by atoms with van der Waals surface area (Å²) in [5.41, 5.74) is 4.80. The number of benzene rings is 2. The van der Waals surface area contributed by atoms with Crippen molar-refractivity contribution >= 4 is 12.1 Å². The molecule has 0 atom stereocenters. The molecule has 3 rings (SSSR count). The van der Waals surface area contributed by atoms with Crippen LogP contribution in [-0.4, -0.2) is 177 Å². The van der Waals surface area contributed by atoms with Crippen molar-refractivity contribution in [2.75, 3.05) is 165 Å². The van der Waals surface area contributed by atoms with Crippen molar-refractivity contribution in [1.29, 1.82) is 0 Å². The normalized spacial score (nSPS) is 12.1. The number of hydrogen-bond donors (Lipinski definition) is 1. The van der Waals surface area contributed by atoms with Gasteiger partial charge in [-0.3, -0.25) is 4.79 Å². The highest BCUT2D eigenvalue weighted by Gasteiger charge is 2.28. The average Bonchev–Trinajstić information content (AvgIpc) is 3.55. The lowest BCUT2D eigenvalue weighted by molar-refractivity contribution is -0.142. The average molecular weight is 824 g/mol. The fourth-order valence-corrected chi connectivity index (χ4v) is 5.56. The van der Waals surface area contributed by atoms with Crippen molar-refractivity contribution in [1.82, 2.24) is 5.32 Å². The van der Waals surface area contributed by atoms with Crippen LogP contribution in [0.5, 0.6) is 0 Å². The Balaban J connectivity index is 0.929. The van der Waals surface area contributed by atoms with Gasteiger partial charge in [0.15, 0.2) is 0 Å². The molecule has 0 saturated heterocycles. The SMILES string of the molecule is CC(=O)OCCOCCOCCOCCOCCOCCOCCOCCOCCOCCOCCOCCCNC(=O)OCC1c2ccccc2-c2ccccc21. The van der Waals surface area contributed by atoms with E-state index in [0.29, 0.717) is 165 Å². The number of rotatable bonds is 39. The molecule has 1 aliphatic carbocycles. The Kier molecular flexibility index (Phi) is 29.3. The van der Waals surface area contributed by atoms with Crippen molar-refractivity contribution < 1.29 is 71.2 Å². The molecule has 0 fully saturated rings. The first-order valence-electron chi connectivity index (χ1n) is 20.2. The minimum Gasteiger partial charge on any atom is -0.463 e. The number of nitrogens with one attached hydrogen (secondary N) is 1. The second-order valence-electron chi connectivity index (χ2n) is 12.7. The standard InChI is InChI=1S/C42H65NO15/c1-36(44)57-34-33-56-32-31-55-30-29-54-28-27-53-26-25-52-24-23-51-22-21-50-20-19-49-18-17-48-16-15-47-14-13-46-12-6-11-43-42(45)58-35-41-39-9-4-2-7-37(39)38-8-3-5-10-40(38)41/h2-5,7-10,41H,6,11-35H2,1H3,(H,43,45). The van der Waals surface area contributed by atoms with Gasteiger partial charge in [-0.2, -0.15) is 0 Å². The minimum absolute atomic E-state index is 0.0457. The molecule has 1 aliphatic rings. The van der Waals surface area contributed by atoms with E-state index in [0.717, 1.165) is 0 Å². The van der Waals surface area contributed by atoms with Crippen molar-refractivity contribution in [3.8, 4) is 11.1 Å². The van der Waals surface area contributed by atoms with Crippen LogP contribution in [0, 0.1) is 0 Å². The lowest BCUT2D eigenvalue weighted by atomic mass is 9.98. The van der Waals surface area contributed by atoms with E-state index in [1.807, 2.05) is 24.3 Å². The zero-order chi connectivity index (χ0) is 41.0. The summed E-state index contributed by atoms with van der Waals surface area (Å²) in [6.07, 6.45) is 0.261. The third kappa shape index (κ3) is 24.0. The first kappa shape index (κ1) is 49.1. The number of amides is 1. The number of fused-ring (bicyclic) bond motifs is 3. The van der Waals surface area contributed by atoms with Crippen LogP contribution in [0.3, 0.4) is 0 Å². The minimum atomic E-state index is -0.419. The lowest BCUT2D eigenvalue weighted by Gasteiger charge is -2.14. The van der Waals surface area contributed by atoms with E-state index in [-0.39, 0.29) is 18.5 Å². The van der Waals surface area contributed by atoms with Crippen molar-refractivity contribution in [2.24, 2.45) is 0 Å². The third-order valence-electron chi connectivity index (χ3n) is 8.33. The fourth-order valence-electron chi connectivity index (χ4n) is 5.56. The maximum Gasteiger partial charge on any atom is 0.407 e. The Morgan fingerprint density at radius 1 is 0.431 bits per heavy atom. The van der Waals surface area contributed by atoms with Crippen LogP contribution >= 0.6 is 0 Å². The Morgan fingerprint density at radius 3 is 1.09 bits per heavy atom. The predicted molar refractivity (Wildman–Crippen MR) is 213 cm³/mol. The first-order valence-corrected chi connectivity index (χ1v) is 20.2. The van der Waals surface area contributed by atoms with Gasteiger partial charge in [-0.1, -0.05) is 48.5 Å². The van der Waals surface area contributed by atoms with Crippen molar-refractivity contribution in [3.05, 3.63) is 59.7 Å². The largest absolute Gasteiger partial charge is 0.463 e. The molecule has 0 spiro atoms. The highest BCUT2D eigenvalue weighted by atomic mass is 16.6. The van der Waals surface area contributed by atoms with Gasteiger partial charge in [0.2, 0.25) is 0 Å². The van der Waals surface area contributed by atoms with E-state index in [4.69, 9.17) is 61.6 Å². The quantitative estimate of drug-likeness (QED) is 0.0767. The summed E-state index contributed by atoms with van der Waals surface area (Å²) >= 11 is 0. The summed E-state index contributed by atoms with van der Waals surface area (Å²) in [5.74, 6) is -0.270. The van der Waals surface area contributed by atoms with Crippen molar-refractivity contribution in [2.45, 2.75) is 19.3 Å². The van der Waals surface area contributed by atoms with Crippen LogP contribution in [0.15, 0.2) is 48.5 Å². The van der Waals surface area contributed by atoms with Crippen LogP contribution < -0.4 is 5.32 Å². The molecule has 16 nitrogen and oxygen atoms in total. The van der Waals surface area contributed by atoms with Gasteiger partial charge in [-0.25, -0.2) is 4.79 Å². The molecular formula is C42H65NO15. The molecule has 16 heteroatoms. The predicted octanol–water partition coefficient (Wildman–Crippen LogP) is 3.66. The van der Waals surface area contributed by atoms with Crippen LogP contribution in [0.2, 0.25) is 0 Å². The van der Waals surface area contributed by atoms with E-state index in [9.17, 15) is 9.59 Å². The number of alkyl carbamates (subject to hydrolysis) is 1. The molecule has 0 heterocycles. The zero-order valence-corrected chi connectivity index (χ0v) is 34.2. The number of carbonyl (C=O) groups excluding carboxylic acids is 2. The Bertz CT molecular complexity index is 1270. The lowest BCUT2D eigenvalue weighted by Crippen LogP contribution is -2.27. The third-order valence-corrected chi connectivity index (χ3v) is 8.33. The van der Waals surface area contributed by atoms with Gasteiger partial charge < -0.3 is 66.9 Å². The molecule has 0 radical (unpaired) electrons. The van der Waals surface area contributed by atoms with Crippen LogP contribution in [0.1, 0.15) is 30.4 Å². The molecule has 1 amide bonds. The molecule has 0 aromatic heterocycles. The van der Waals surface area contributed by atoms with Gasteiger partial charge in [0.05, 0.1) is 139 Å². The van der Waals surface area contributed by atoms with Crippen LogP contribution in [0.25, 0.3) is 11.1 Å². The second kappa shape index (κ2) is 34.6. The number of carbonyl (C=O) groups is 2. The van der Waals surface area contributed by atoms with Gasteiger partial charge >= 0.3 is 12.1 Å². The van der Waals surface area contributed by atoms with Gasteiger partial charge in [-0.05, 0) is 28.7 Å². The monoisotopic (exact) mass is 823 g/mol. The molecule has 0 unspecified atom stereocenters. The second-order valence-corrected chi connectivity index (χ2v) is 12.7. The molecule has 328 valence electrons. The van der Waals surface area contributed by atoms with Crippen LogP contribution in [-0.2, 0) is 66.4 Å². The summed E-state index contributed by atoms with van der Waals surface area (Å²) in [6.45, 7) is 12.8. The summed E-state index contributed by atoms with van der Waals surface area (Å²) < 4.78 is 70.5. The number of ether oxygens (including phenoxy) is 13. The van der Waals surface area contributed by atoms with E-state index in [2.05, 4.69) is 29.6 Å². The number of hydrogen-bond acceptors (Lipinski definition) is 15. The Morgan fingerprint density at radius 2 is 0.741 bits per heavy atom. The van der Waals surface area contributed by atoms with E-state index < -0.39 is 6.09 Å². The van der Waals surface area contributed by atoms with Crippen LogP contribution in [0.4, 0.5) is 4.79 Å². The maximum absolute atomic E-state index is 12.3. The summed E-state index contributed by atoms with van der Waals surface area (Å²) in [4.78, 5) is 22.9. The molecule has 0 aliphatic heterocycles. The van der Waals surface area contributed by atoms with Gasteiger partial charge in [0, 0.05) is 26.0 Å². The maximum atomic E-state index is 12.3. The summed E-state index contributed by atoms with van der Waals surface area (Å²) in [5, 5.41) is 2.80. The van der Waals surface area contributed by atoms with Crippen molar-refractivity contribution in [3.63, 3.8) is 0 Å². The summed E-state index contributed by atoms with van der Waals surface area (Å²) in [7, 11) is 0. The smallest absolute Gasteiger partial charge is 0.407 e. The molecule has 58 heavy (non-hydrogen) atoms. The molecule has 2 aromatic carbocycles. The fraction of sp³-hybridized carbons (Fsp3) is 0.667. The Labute approximate surface area is 343 Å². The Hall–Kier alpha value is -3.26. The van der Waals surface area contributed by atoms with E-state index in [1.54, 1.807) is 0 Å². The highest BCUT2D eigenvalue weighted by molar-refractivity contribution is 5.79. The zero-order valence-electron chi connectivity index (χ0n) is 34.2. The first-order chi connectivity index (χ1) is 28.7.